The molecule has 2 aliphatic rings. The van der Waals surface area contributed by atoms with E-state index in [1.807, 2.05) is 0 Å². The van der Waals surface area contributed by atoms with Crippen molar-refractivity contribution >= 4 is 6.08 Å². The Morgan fingerprint density at radius 1 is 0.400 bits per heavy atom. The lowest BCUT2D eigenvalue weighted by Gasteiger charge is -2.47. The van der Waals surface area contributed by atoms with E-state index in [1.165, 1.54) is 72.3 Å². The molecule has 0 N–H and O–H groups in total. The number of hydrogen-bond acceptors (Lipinski definition) is 0. The van der Waals surface area contributed by atoms with E-state index in [-0.39, 0.29) is 11.8 Å². The Morgan fingerprint density at radius 2 is 0.840 bits per heavy atom. The summed E-state index contributed by atoms with van der Waals surface area (Å²) < 4.78 is 0. The smallest absolute Gasteiger partial charge is 0.0418 e. The molecule has 0 aromatic heterocycles. The van der Waals surface area contributed by atoms with Gasteiger partial charge in [0.2, 0.25) is 0 Å². The molecule has 0 aliphatic heterocycles. The molecular weight excluding hydrogens is 601 g/mol. The summed E-state index contributed by atoms with van der Waals surface area (Å²) in [5.74, 6) is 0.214. The van der Waals surface area contributed by atoms with Crippen LogP contribution in [0, 0.1) is 0 Å². The third kappa shape index (κ3) is 5.06. The molecule has 0 heterocycles. The van der Waals surface area contributed by atoms with Gasteiger partial charge in [-0.05, 0) is 86.5 Å². The van der Waals surface area contributed by atoms with Crippen molar-refractivity contribution in [2.24, 2.45) is 0 Å². The maximum atomic E-state index is 2.55. The lowest BCUT2D eigenvalue weighted by Crippen LogP contribution is -2.41. The first-order chi connectivity index (χ1) is 24.7. The maximum Gasteiger partial charge on any atom is 0.0418 e. The first kappa shape index (κ1) is 30.3. The Morgan fingerprint density at radius 3 is 1.34 bits per heavy atom. The van der Waals surface area contributed by atoms with Gasteiger partial charge in [0.25, 0.3) is 0 Å². The van der Waals surface area contributed by atoms with Crippen molar-refractivity contribution in [3.8, 4) is 11.1 Å². The zero-order valence-corrected chi connectivity index (χ0v) is 28.5. The van der Waals surface area contributed by atoms with Crippen molar-refractivity contribution in [1.82, 2.24) is 0 Å². The summed E-state index contributed by atoms with van der Waals surface area (Å²) in [4.78, 5) is 0. The zero-order chi connectivity index (χ0) is 33.5. The quantitative estimate of drug-likeness (QED) is 0.155. The second-order valence-corrected chi connectivity index (χ2v) is 14.2. The summed E-state index contributed by atoms with van der Waals surface area (Å²) in [5, 5.41) is 0. The molecule has 0 saturated carbocycles. The summed E-state index contributed by atoms with van der Waals surface area (Å²) in [7, 11) is 0. The van der Waals surface area contributed by atoms with E-state index in [0.717, 1.165) is 12.8 Å². The molecule has 9 rings (SSSR count). The topological polar surface area (TPSA) is 0 Å². The van der Waals surface area contributed by atoms with E-state index < -0.39 is 5.41 Å². The molecule has 0 saturated heterocycles. The number of benzene rings is 7. The number of rotatable bonds is 8. The van der Waals surface area contributed by atoms with Gasteiger partial charge in [0.05, 0.1) is 0 Å². The lowest BCUT2D eigenvalue weighted by atomic mass is 9.54. The van der Waals surface area contributed by atoms with Crippen LogP contribution in [-0.4, -0.2) is 0 Å². The Kier molecular flexibility index (Phi) is 7.66. The first-order valence-corrected chi connectivity index (χ1v) is 17.9. The monoisotopic (exact) mass is 640 g/mol. The molecule has 2 aliphatic carbocycles. The summed E-state index contributed by atoms with van der Waals surface area (Å²) in [5.41, 5.74) is 17.4. The standard InChI is InChI=1S/C50H40/c1-35-30-40-20-14-15-25-43(40)48(35)50(41-21-10-4-11-22-41,42-23-12-5-13-24-42)49-46-33-38(31-36-16-6-2-7-17-36)26-28-44(46)45-29-27-39(34-47(45)49)32-37-18-8-3-9-19-37/h2-30,33-34,48-49H,31-32H2,1H3. The normalized spacial score (nSPS) is 14.9. The Labute approximate surface area is 296 Å². The van der Waals surface area contributed by atoms with Crippen LogP contribution in [0.25, 0.3) is 17.2 Å². The van der Waals surface area contributed by atoms with Crippen molar-refractivity contribution in [3.05, 3.63) is 243 Å². The van der Waals surface area contributed by atoms with Gasteiger partial charge in [0.1, 0.15) is 0 Å². The molecule has 7 aromatic carbocycles. The fraction of sp³-hybridized carbons (Fsp3) is 0.120. The molecule has 1 unspecified atom stereocenters. The third-order valence-electron chi connectivity index (χ3n) is 11.2. The van der Waals surface area contributed by atoms with Crippen LogP contribution < -0.4 is 0 Å². The highest BCUT2D eigenvalue weighted by Gasteiger charge is 2.54. The van der Waals surface area contributed by atoms with Gasteiger partial charge in [-0.3, -0.25) is 0 Å². The van der Waals surface area contributed by atoms with Crippen LogP contribution in [0.1, 0.15) is 74.4 Å². The van der Waals surface area contributed by atoms with Crippen molar-refractivity contribution < 1.29 is 0 Å². The number of allylic oxidation sites excluding steroid dienone is 1. The van der Waals surface area contributed by atoms with E-state index in [1.54, 1.807) is 0 Å². The Bertz CT molecular complexity index is 2180. The van der Waals surface area contributed by atoms with Gasteiger partial charge >= 0.3 is 0 Å². The van der Waals surface area contributed by atoms with E-state index >= 15 is 0 Å². The Balaban J connectivity index is 1.35. The highest BCUT2D eigenvalue weighted by Crippen LogP contribution is 2.64. The highest BCUT2D eigenvalue weighted by molar-refractivity contribution is 5.83. The predicted molar refractivity (Wildman–Crippen MR) is 209 cm³/mol. The molecule has 0 radical (unpaired) electrons. The lowest BCUT2D eigenvalue weighted by molar-refractivity contribution is 0.405. The van der Waals surface area contributed by atoms with E-state index in [9.17, 15) is 0 Å². The molecule has 0 bridgehead atoms. The molecule has 1 atom stereocenters. The molecule has 240 valence electrons. The molecule has 0 fully saturated rings. The minimum Gasteiger partial charge on any atom is -0.0639 e. The van der Waals surface area contributed by atoms with E-state index in [2.05, 4.69) is 195 Å². The fourth-order valence-electron chi connectivity index (χ4n) is 9.25. The number of fused-ring (bicyclic) bond motifs is 4. The summed E-state index contributed by atoms with van der Waals surface area (Å²) in [6.45, 7) is 2.36. The second kappa shape index (κ2) is 12.6. The summed E-state index contributed by atoms with van der Waals surface area (Å²) >= 11 is 0. The van der Waals surface area contributed by atoms with Gasteiger partial charge in [0.15, 0.2) is 0 Å². The molecule has 0 amide bonds. The molecule has 0 heteroatoms. The van der Waals surface area contributed by atoms with Crippen LogP contribution in [0.5, 0.6) is 0 Å². The van der Waals surface area contributed by atoms with Crippen LogP contribution in [0.15, 0.2) is 188 Å². The van der Waals surface area contributed by atoms with Crippen LogP contribution >= 0.6 is 0 Å². The summed E-state index contributed by atoms with van der Waals surface area (Å²) in [6.07, 6.45) is 4.26. The van der Waals surface area contributed by atoms with Crippen molar-refractivity contribution in [2.75, 3.05) is 0 Å². The third-order valence-corrected chi connectivity index (χ3v) is 11.2. The van der Waals surface area contributed by atoms with Gasteiger partial charge in [0, 0.05) is 17.3 Å². The molecule has 50 heavy (non-hydrogen) atoms. The minimum atomic E-state index is -0.424. The average Bonchev–Trinajstić information content (AvgIpc) is 3.68. The van der Waals surface area contributed by atoms with Gasteiger partial charge < -0.3 is 0 Å². The van der Waals surface area contributed by atoms with Gasteiger partial charge in [-0.2, -0.15) is 0 Å². The van der Waals surface area contributed by atoms with Gasteiger partial charge in [-0.1, -0.05) is 194 Å². The molecular formula is C50H40. The molecule has 0 nitrogen and oxygen atoms in total. The van der Waals surface area contributed by atoms with Gasteiger partial charge in [-0.25, -0.2) is 0 Å². The highest BCUT2D eigenvalue weighted by atomic mass is 14.6. The van der Waals surface area contributed by atoms with Gasteiger partial charge in [-0.15, -0.1) is 0 Å². The molecule has 0 spiro atoms. The average molecular weight is 641 g/mol. The maximum absolute atomic E-state index is 2.55. The fourth-order valence-corrected chi connectivity index (χ4v) is 9.25. The van der Waals surface area contributed by atoms with Crippen LogP contribution in [0.4, 0.5) is 0 Å². The zero-order valence-electron chi connectivity index (χ0n) is 28.5. The SMILES string of the molecule is CC1=Cc2ccccc2C1C(c1ccccc1)(c1ccccc1)C1c2cc(Cc3ccccc3)ccc2-c2ccc(Cc3ccccc3)cc21. The second-order valence-electron chi connectivity index (χ2n) is 14.2. The largest absolute Gasteiger partial charge is 0.0639 e. The van der Waals surface area contributed by atoms with Crippen LogP contribution in [-0.2, 0) is 18.3 Å². The minimum absolute atomic E-state index is 0.0725. The van der Waals surface area contributed by atoms with E-state index in [0.29, 0.717) is 0 Å². The summed E-state index contributed by atoms with van der Waals surface area (Å²) in [6, 6.07) is 68.4. The Hall–Kier alpha value is -5.72. The van der Waals surface area contributed by atoms with Crippen molar-refractivity contribution in [2.45, 2.75) is 37.0 Å². The van der Waals surface area contributed by atoms with Crippen LogP contribution in [0.2, 0.25) is 0 Å². The van der Waals surface area contributed by atoms with Crippen molar-refractivity contribution in [3.63, 3.8) is 0 Å². The predicted octanol–water partition coefficient (Wildman–Crippen LogP) is 12.2. The van der Waals surface area contributed by atoms with E-state index in [4.69, 9.17) is 0 Å². The van der Waals surface area contributed by atoms with Crippen LogP contribution in [0.3, 0.4) is 0 Å². The van der Waals surface area contributed by atoms with Crippen molar-refractivity contribution in [1.29, 1.82) is 0 Å². The number of hydrogen-bond donors (Lipinski definition) is 0. The first-order valence-electron chi connectivity index (χ1n) is 17.9. The molecule has 7 aromatic rings.